The van der Waals surface area contributed by atoms with Crippen molar-refractivity contribution in [2.45, 2.75) is 51.3 Å². The van der Waals surface area contributed by atoms with Gasteiger partial charge in [0.2, 0.25) is 5.95 Å². The van der Waals surface area contributed by atoms with Crippen LogP contribution in [0.5, 0.6) is 0 Å². The molecule has 1 amide bonds. The number of halogens is 2. The fraction of sp³-hybridized carbons (Fsp3) is 0.286. The molecule has 1 fully saturated rings. The number of aliphatic hydroxyl groups excluding tert-OH is 1. The molecule has 4 aromatic rings. The quantitative estimate of drug-likeness (QED) is 0.225. The number of fused-ring (bicyclic) bond motifs is 1. The first-order valence-corrected chi connectivity index (χ1v) is 13.5. The molecule has 1 aliphatic rings. The van der Waals surface area contributed by atoms with E-state index in [1.165, 1.54) is 0 Å². The molecule has 9 nitrogen and oxygen atoms in total. The Hall–Kier alpha value is -3.84. The average molecular weight is 564 g/mol. The molecule has 39 heavy (non-hydrogen) atoms. The number of rotatable bonds is 6. The number of nitrogens with one attached hydrogen (secondary N) is 3. The molecule has 2 aromatic heterocycles. The van der Waals surface area contributed by atoms with E-state index in [1.54, 1.807) is 36.7 Å². The van der Waals surface area contributed by atoms with Gasteiger partial charge in [0.25, 0.3) is 0 Å². The highest BCUT2D eigenvalue weighted by molar-refractivity contribution is 6.36. The van der Waals surface area contributed by atoms with Crippen LogP contribution in [-0.2, 0) is 11.3 Å². The van der Waals surface area contributed by atoms with Crippen molar-refractivity contribution in [1.82, 2.24) is 19.5 Å². The lowest BCUT2D eigenvalue weighted by Crippen LogP contribution is -2.29. The highest BCUT2D eigenvalue weighted by Gasteiger charge is 2.21. The van der Waals surface area contributed by atoms with Crippen LogP contribution in [0.25, 0.3) is 11.2 Å². The minimum Gasteiger partial charge on any atom is -0.393 e. The van der Waals surface area contributed by atoms with Crippen LogP contribution in [-0.4, -0.2) is 42.7 Å². The molecule has 0 atom stereocenters. The van der Waals surface area contributed by atoms with Gasteiger partial charge in [-0.25, -0.2) is 4.98 Å². The Labute approximate surface area is 236 Å². The average Bonchev–Trinajstić information content (AvgIpc) is 3.33. The number of hydrogen-bond donors (Lipinski definition) is 4. The maximum absolute atomic E-state index is 12.5. The third-order valence-electron chi connectivity index (χ3n) is 6.48. The van der Waals surface area contributed by atoms with Crippen LogP contribution in [0.15, 0.2) is 48.8 Å². The zero-order valence-corrected chi connectivity index (χ0v) is 22.7. The summed E-state index contributed by atoms with van der Waals surface area (Å²) in [7, 11) is 0. The van der Waals surface area contributed by atoms with Gasteiger partial charge < -0.3 is 25.6 Å². The first-order valence-electron chi connectivity index (χ1n) is 12.7. The summed E-state index contributed by atoms with van der Waals surface area (Å²) in [5.41, 5.74) is 3.00. The monoisotopic (exact) mass is 563 g/mol. The molecular formula is C28H27Cl2N7O2. The van der Waals surface area contributed by atoms with Crippen LogP contribution >= 0.6 is 23.2 Å². The minimum absolute atomic E-state index is 0.192. The number of aromatic nitrogens is 4. The Balaban J connectivity index is 1.35. The second-order valence-corrected chi connectivity index (χ2v) is 10.1. The molecule has 1 saturated carbocycles. The lowest BCUT2D eigenvalue weighted by molar-refractivity contribution is -0.111. The van der Waals surface area contributed by atoms with E-state index in [1.807, 2.05) is 23.6 Å². The van der Waals surface area contributed by atoms with Crippen LogP contribution in [0, 0.1) is 11.8 Å². The van der Waals surface area contributed by atoms with Crippen molar-refractivity contribution < 1.29 is 9.90 Å². The van der Waals surface area contributed by atoms with Gasteiger partial charge in [-0.3, -0.25) is 4.79 Å². The van der Waals surface area contributed by atoms with E-state index in [4.69, 9.17) is 33.2 Å². The van der Waals surface area contributed by atoms with Crippen molar-refractivity contribution in [3.05, 3.63) is 64.4 Å². The van der Waals surface area contributed by atoms with Crippen molar-refractivity contribution in [2.75, 3.05) is 16.0 Å². The number of nitrogens with zero attached hydrogens (tertiary/aromatic N) is 4. The van der Waals surface area contributed by atoms with Gasteiger partial charge in [-0.2, -0.15) is 9.97 Å². The largest absolute Gasteiger partial charge is 0.393 e. The lowest BCUT2D eigenvalue weighted by atomic mass is 9.93. The lowest BCUT2D eigenvalue weighted by Gasteiger charge is -2.26. The number of anilines is 4. The molecule has 4 N–H and O–H groups in total. The predicted octanol–water partition coefficient (Wildman–Crippen LogP) is 5.60. The van der Waals surface area contributed by atoms with E-state index in [-0.39, 0.29) is 12.1 Å². The van der Waals surface area contributed by atoms with Gasteiger partial charge in [0.05, 0.1) is 28.0 Å². The number of imidazole rings is 1. The predicted molar refractivity (Wildman–Crippen MR) is 155 cm³/mol. The van der Waals surface area contributed by atoms with Gasteiger partial charge >= 0.3 is 5.91 Å². The van der Waals surface area contributed by atoms with E-state index in [2.05, 4.69) is 32.8 Å². The summed E-state index contributed by atoms with van der Waals surface area (Å²) >= 11 is 12.3. The maximum Gasteiger partial charge on any atom is 0.300 e. The number of carbonyl (C=O) groups is 1. The molecule has 0 spiro atoms. The Morgan fingerprint density at radius 3 is 2.54 bits per heavy atom. The minimum atomic E-state index is -0.502. The van der Waals surface area contributed by atoms with Gasteiger partial charge in [0.15, 0.2) is 17.0 Å². The Morgan fingerprint density at radius 2 is 1.79 bits per heavy atom. The number of carbonyl (C=O) groups excluding carboxylic acids is 1. The molecular weight excluding hydrogens is 537 g/mol. The SMILES string of the molecule is CCn1cnc2c(Nc3cccc(NC(=O)C#Cc4c(Cl)cccc4Cl)c3)nc(NC3CCC(O)CC3)nc21. The zero-order valence-electron chi connectivity index (χ0n) is 21.2. The smallest absolute Gasteiger partial charge is 0.300 e. The summed E-state index contributed by atoms with van der Waals surface area (Å²) in [6, 6.07) is 12.5. The normalized spacial score (nSPS) is 16.8. The van der Waals surface area contributed by atoms with Crippen molar-refractivity contribution in [3.8, 4) is 11.8 Å². The van der Waals surface area contributed by atoms with E-state index >= 15 is 0 Å². The molecule has 0 unspecified atom stereocenters. The molecule has 0 bridgehead atoms. The molecule has 0 aliphatic heterocycles. The molecule has 2 heterocycles. The maximum atomic E-state index is 12.5. The van der Waals surface area contributed by atoms with Gasteiger partial charge in [-0.05, 0) is 62.9 Å². The number of aryl methyl sites for hydroxylation is 1. The summed E-state index contributed by atoms with van der Waals surface area (Å²) in [4.78, 5) is 26.5. The summed E-state index contributed by atoms with van der Waals surface area (Å²) < 4.78 is 1.96. The highest BCUT2D eigenvalue weighted by atomic mass is 35.5. The third kappa shape index (κ3) is 6.42. The van der Waals surface area contributed by atoms with Crippen LogP contribution in [0.4, 0.5) is 23.1 Å². The number of aliphatic hydroxyl groups is 1. The van der Waals surface area contributed by atoms with Crippen molar-refractivity contribution in [1.29, 1.82) is 0 Å². The Kier molecular flexibility index (Phi) is 8.17. The first-order chi connectivity index (χ1) is 18.9. The fourth-order valence-electron chi connectivity index (χ4n) is 4.44. The molecule has 11 heteroatoms. The van der Waals surface area contributed by atoms with Gasteiger partial charge in [0, 0.05) is 29.9 Å². The fourth-order valence-corrected chi connectivity index (χ4v) is 4.93. The van der Waals surface area contributed by atoms with Crippen LogP contribution < -0.4 is 16.0 Å². The van der Waals surface area contributed by atoms with E-state index in [0.29, 0.717) is 56.5 Å². The Bertz CT molecular complexity index is 1550. The molecule has 5 rings (SSSR count). The number of hydrogen-bond acceptors (Lipinski definition) is 7. The number of amides is 1. The summed E-state index contributed by atoms with van der Waals surface area (Å²) in [5.74, 6) is 5.81. The van der Waals surface area contributed by atoms with Gasteiger partial charge in [0.1, 0.15) is 0 Å². The zero-order chi connectivity index (χ0) is 27.4. The number of benzene rings is 2. The first kappa shape index (κ1) is 26.8. The summed E-state index contributed by atoms with van der Waals surface area (Å²) in [5, 5.41) is 20.1. The topological polar surface area (TPSA) is 117 Å². The molecule has 200 valence electrons. The van der Waals surface area contributed by atoms with Crippen LogP contribution in [0.3, 0.4) is 0 Å². The second kappa shape index (κ2) is 11.9. The van der Waals surface area contributed by atoms with E-state index in [9.17, 15) is 9.90 Å². The second-order valence-electron chi connectivity index (χ2n) is 9.25. The standard InChI is InChI=1S/C28H27Cl2N7O2/c1-2-37-16-31-25-26(35-28(36-27(25)37)34-17-9-11-20(38)12-10-17)33-19-6-3-5-18(15-19)32-24(39)14-13-21-22(29)7-4-8-23(21)30/h3-8,15-17,20,38H,2,9-12H2,1H3,(H,32,39)(H2,33,34,35,36). The molecule has 2 aromatic carbocycles. The van der Waals surface area contributed by atoms with Crippen LogP contribution in [0.2, 0.25) is 10.0 Å². The Morgan fingerprint density at radius 1 is 1.08 bits per heavy atom. The molecule has 0 saturated heterocycles. The van der Waals surface area contributed by atoms with Crippen molar-refractivity contribution in [3.63, 3.8) is 0 Å². The van der Waals surface area contributed by atoms with Gasteiger partial charge in [-0.15, -0.1) is 0 Å². The van der Waals surface area contributed by atoms with E-state index < -0.39 is 5.91 Å². The van der Waals surface area contributed by atoms with E-state index in [0.717, 1.165) is 25.7 Å². The highest BCUT2D eigenvalue weighted by Crippen LogP contribution is 2.28. The molecule has 0 radical (unpaired) electrons. The van der Waals surface area contributed by atoms with Crippen molar-refractivity contribution >= 4 is 63.4 Å². The summed E-state index contributed by atoms with van der Waals surface area (Å²) in [6.45, 7) is 2.74. The molecule has 1 aliphatic carbocycles. The third-order valence-corrected chi connectivity index (χ3v) is 7.11. The van der Waals surface area contributed by atoms with Gasteiger partial charge in [-0.1, -0.05) is 41.3 Å². The van der Waals surface area contributed by atoms with Crippen molar-refractivity contribution in [2.24, 2.45) is 0 Å². The van der Waals surface area contributed by atoms with Crippen LogP contribution in [0.1, 0.15) is 38.2 Å². The summed E-state index contributed by atoms with van der Waals surface area (Å²) in [6.07, 6.45) is 4.72.